The Kier molecular flexibility index (Phi) is 7.61. The zero-order valence-corrected chi connectivity index (χ0v) is 19.1. The van der Waals surface area contributed by atoms with Crippen LogP contribution >= 0.6 is 0 Å². The number of aliphatic imine (C=N–C) groups is 1. The van der Waals surface area contributed by atoms with Crippen LogP contribution in [0.1, 0.15) is 86.1 Å². The fraction of sp³-hybridized carbons (Fsp3) is 0.680. The predicted molar refractivity (Wildman–Crippen MR) is 121 cm³/mol. The summed E-state index contributed by atoms with van der Waals surface area (Å²) >= 11 is 0. The molecule has 1 aromatic rings. The van der Waals surface area contributed by atoms with Gasteiger partial charge < -0.3 is 4.79 Å². The van der Waals surface area contributed by atoms with Crippen molar-refractivity contribution in [3.63, 3.8) is 0 Å². The Morgan fingerprint density at radius 1 is 1.14 bits per heavy atom. The van der Waals surface area contributed by atoms with Gasteiger partial charge >= 0.3 is 0 Å². The third-order valence-corrected chi connectivity index (χ3v) is 6.83. The van der Waals surface area contributed by atoms with Crippen LogP contribution in [0.15, 0.2) is 29.3 Å². The van der Waals surface area contributed by atoms with Crippen LogP contribution in [0, 0.1) is 5.41 Å². The monoisotopic (exact) mass is 384 g/mol. The highest BCUT2D eigenvalue weighted by molar-refractivity contribution is 6.06. The molecule has 0 aliphatic carbocycles. The molecule has 3 heteroatoms. The van der Waals surface area contributed by atoms with Crippen molar-refractivity contribution in [2.24, 2.45) is 10.4 Å². The number of carbonyl (C=O) groups excluding carboxylic acids is 1. The van der Waals surface area contributed by atoms with Crippen molar-refractivity contribution in [1.82, 2.24) is 4.90 Å². The molecule has 3 heterocycles. The first kappa shape index (κ1) is 22.8. The van der Waals surface area contributed by atoms with E-state index in [1.807, 2.05) is 27.7 Å². The summed E-state index contributed by atoms with van der Waals surface area (Å²) in [6, 6.07) is 8.95. The Hall–Kier alpha value is -1.48. The molecule has 3 nitrogen and oxygen atoms in total. The lowest BCUT2D eigenvalue weighted by molar-refractivity contribution is -0.121. The topological polar surface area (TPSA) is 32.7 Å². The molecule has 156 valence electrons. The minimum absolute atomic E-state index is 0.0479. The van der Waals surface area contributed by atoms with Gasteiger partial charge in [-0.3, -0.25) is 9.89 Å². The smallest absolute Gasteiger partial charge is 0.130 e. The van der Waals surface area contributed by atoms with Gasteiger partial charge in [-0.05, 0) is 56.2 Å². The van der Waals surface area contributed by atoms with Gasteiger partial charge in [-0.2, -0.15) is 0 Å². The Labute approximate surface area is 172 Å². The molecule has 2 fully saturated rings. The van der Waals surface area contributed by atoms with Gasteiger partial charge in [0.2, 0.25) is 0 Å². The van der Waals surface area contributed by atoms with Crippen molar-refractivity contribution in [2.45, 2.75) is 92.0 Å². The average Bonchev–Trinajstić information content (AvgIpc) is 3.03. The molecule has 0 spiro atoms. The van der Waals surface area contributed by atoms with Crippen LogP contribution in [0.2, 0.25) is 0 Å². The predicted octanol–water partition coefficient (Wildman–Crippen LogP) is 6.33. The fourth-order valence-electron chi connectivity index (χ4n) is 5.59. The van der Waals surface area contributed by atoms with Gasteiger partial charge in [0.1, 0.15) is 5.78 Å². The molecule has 4 rings (SSSR count). The lowest BCUT2D eigenvalue weighted by Crippen LogP contribution is -2.64. The Morgan fingerprint density at radius 3 is 2.46 bits per heavy atom. The minimum Gasteiger partial charge on any atom is -0.300 e. The van der Waals surface area contributed by atoms with E-state index in [1.54, 1.807) is 6.92 Å². The maximum Gasteiger partial charge on any atom is 0.130 e. The number of piperidine rings is 2. The SMILES string of the molecule is CC.CC.CC[C@@]1(CC(C)=O)CCCN2CCC3(C)C(=Nc4ccccc43)[C@@H]21. The van der Waals surface area contributed by atoms with Crippen LogP contribution in [-0.4, -0.2) is 35.5 Å². The van der Waals surface area contributed by atoms with Gasteiger partial charge in [-0.25, -0.2) is 0 Å². The van der Waals surface area contributed by atoms with Crippen LogP contribution in [0.25, 0.3) is 0 Å². The number of ketones is 1. The van der Waals surface area contributed by atoms with Gasteiger partial charge in [0.25, 0.3) is 0 Å². The number of fused-ring (bicyclic) bond motifs is 5. The lowest BCUT2D eigenvalue weighted by atomic mass is 9.59. The molecule has 0 N–H and O–H groups in total. The molecule has 0 aromatic heterocycles. The van der Waals surface area contributed by atoms with Crippen LogP contribution < -0.4 is 0 Å². The summed E-state index contributed by atoms with van der Waals surface area (Å²) in [5.41, 5.74) is 3.98. The van der Waals surface area contributed by atoms with Crippen molar-refractivity contribution in [1.29, 1.82) is 0 Å². The second-order valence-corrected chi connectivity index (χ2v) is 8.23. The molecular formula is C25H40N2O. The van der Waals surface area contributed by atoms with Gasteiger partial charge in [0, 0.05) is 24.1 Å². The zero-order valence-electron chi connectivity index (χ0n) is 19.1. The maximum absolute atomic E-state index is 12.1. The Balaban J connectivity index is 0.000000660. The molecule has 0 saturated carbocycles. The van der Waals surface area contributed by atoms with Gasteiger partial charge in [0.05, 0.1) is 11.7 Å². The number of para-hydroxylation sites is 1. The summed E-state index contributed by atoms with van der Waals surface area (Å²) < 4.78 is 0. The van der Waals surface area contributed by atoms with Crippen molar-refractivity contribution >= 4 is 17.2 Å². The number of carbonyl (C=O) groups is 1. The largest absolute Gasteiger partial charge is 0.300 e. The highest BCUT2D eigenvalue weighted by Crippen LogP contribution is 2.53. The standard InChI is InChI=1S/C21H28N2O.2C2H6/c1-4-21(14-15(2)24)10-7-12-23-13-11-20(3)16-8-5-6-9-17(16)22-18(20)19(21)23;2*1-2/h5-6,8-9,19H,4,7,10-14H2,1-3H3;2*1-2H3/t19-,20?,21+;;/m1../s1. The van der Waals surface area contributed by atoms with E-state index in [0.717, 1.165) is 38.0 Å². The quantitative estimate of drug-likeness (QED) is 0.610. The van der Waals surface area contributed by atoms with Gasteiger partial charge in [-0.1, -0.05) is 59.7 Å². The Morgan fingerprint density at radius 2 is 1.82 bits per heavy atom. The van der Waals surface area contributed by atoms with E-state index in [2.05, 4.69) is 43.0 Å². The van der Waals surface area contributed by atoms with Crippen molar-refractivity contribution in [3.8, 4) is 0 Å². The van der Waals surface area contributed by atoms with E-state index < -0.39 is 0 Å². The maximum atomic E-state index is 12.1. The summed E-state index contributed by atoms with van der Waals surface area (Å²) in [7, 11) is 0. The van der Waals surface area contributed by atoms with E-state index in [4.69, 9.17) is 4.99 Å². The van der Waals surface area contributed by atoms with Crippen molar-refractivity contribution < 1.29 is 4.79 Å². The summed E-state index contributed by atoms with van der Waals surface area (Å²) in [6.45, 7) is 16.7. The highest BCUT2D eigenvalue weighted by Gasteiger charge is 2.55. The summed E-state index contributed by atoms with van der Waals surface area (Å²) in [5, 5.41) is 0. The van der Waals surface area contributed by atoms with Crippen molar-refractivity contribution in [3.05, 3.63) is 29.8 Å². The molecule has 0 bridgehead atoms. The number of rotatable bonds is 3. The minimum atomic E-state index is 0.0479. The van der Waals surface area contributed by atoms with E-state index in [1.165, 1.54) is 17.7 Å². The third-order valence-electron chi connectivity index (χ3n) is 6.83. The number of benzene rings is 1. The van der Waals surface area contributed by atoms with Gasteiger partial charge in [0.15, 0.2) is 0 Å². The normalized spacial score (nSPS) is 30.4. The molecular weight excluding hydrogens is 344 g/mol. The molecule has 28 heavy (non-hydrogen) atoms. The average molecular weight is 385 g/mol. The zero-order chi connectivity index (χ0) is 20.9. The van der Waals surface area contributed by atoms with E-state index in [9.17, 15) is 4.79 Å². The molecule has 1 unspecified atom stereocenters. The van der Waals surface area contributed by atoms with Crippen LogP contribution in [0.5, 0.6) is 0 Å². The molecule has 2 saturated heterocycles. The van der Waals surface area contributed by atoms with Crippen LogP contribution in [-0.2, 0) is 10.2 Å². The van der Waals surface area contributed by atoms with E-state index in [0.29, 0.717) is 18.2 Å². The van der Waals surface area contributed by atoms with Crippen LogP contribution in [0.4, 0.5) is 5.69 Å². The molecule has 3 atom stereocenters. The third kappa shape index (κ3) is 3.70. The van der Waals surface area contributed by atoms with Gasteiger partial charge in [-0.15, -0.1) is 0 Å². The van der Waals surface area contributed by atoms with E-state index >= 15 is 0 Å². The fourth-order valence-corrected chi connectivity index (χ4v) is 5.59. The first-order valence-electron chi connectivity index (χ1n) is 11.4. The second-order valence-electron chi connectivity index (χ2n) is 8.23. The first-order chi connectivity index (χ1) is 13.5. The van der Waals surface area contributed by atoms with E-state index in [-0.39, 0.29) is 10.8 Å². The summed E-state index contributed by atoms with van der Waals surface area (Å²) in [4.78, 5) is 19.9. The molecule has 0 amide bonds. The number of Topliss-reactive ketones (excluding diaryl/α,β-unsaturated/α-hetero) is 1. The number of hydrogen-bond acceptors (Lipinski definition) is 3. The summed E-state index contributed by atoms with van der Waals surface area (Å²) in [6.07, 6.45) is 5.23. The molecule has 1 aromatic carbocycles. The second kappa shape index (κ2) is 9.35. The number of nitrogens with zero attached hydrogens (tertiary/aromatic N) is 2. The highest BCUT2D eigenvalue weighted by atomic mass is 16.1. The molecule has 3 aliphatic heterocycles. The summed E-state index contributed by atoms with van der Waals surface area (Å²) in [5.74, 6) is 0.321. The lowest BCUT2D eigenvalue weighted by Gasteiger charge is -2.55. The van der Waals surface area contributed by atoms with Crippen molar-refractivity contribution in [2.75, 3.05) is 13.1 Å². The molecule has 3 aliphatic rings. The van der Waals surface area contributed by atoms with Crippen LogP contribution in [0.3, 0.4) is 0 Å². The first-order valence-corrected chi connectivity index (χ1v) is 11.4. The molecule has 0 radical (unpaired) electrons. The number of hydrogen-bond donors (Lipinski definition) is 0. The Bertz CT molecular complexity index is 710.